The topological polar surface area (TPSA) is 66.9 Å². The van der Waals surface area contributed by atoms with Crippen LogP contribution in [0.2, 0.25) is 5.02 Å². The van der Waals surface area contributed by atoms with Gasteiger partial charge in [0.15, 0.2) is 0 Å². The maximum Gasteiger partial charge on any atom is 0.145 e. The molecule has 1 unspecified atom stereocenters. The third kappa shape index (κ3) is 2.98. The van der Waals surface area contributed by atoms with Crippen molar-refractivity contribution in [3.63, 3.8) is 0 Å². The summed E-state index contributed by atoms with van der Waals surface area (Å²) in [5.41, 5.74) is 6.20. The summed E-state index contributed by atoms with van der Waals surface area (Å²) in [5, 5.41) is 9.21. The Labute approximate surface area is 123 Å². The SMILES string of the molecule is N#Cc1cccc(CS(=O)c2ccc(Cl)cc2N)c1F. The lowest BCUT2D eigenvalue weighted by molar-refractivity contribution is 0.611. The van der Waals surface area contributed by atoms with Crippen LogP contribution in [0.25, 0.3) is 0 Å². The second-order valence-electron chi connectivity index (χ2n) is 4.06. The highest BCUT2D eigenvalue weighted by Crippen LogP contribution is 2.24. The van der Waals surface area contributed by atoms with Crippen LogP contribution in [-0.4, -0.2) is 4.21 Å². The highest BCUT2D eigenvalue weighted by atomic mass is 35.5. The quantitative estimate of drug-likeness (QED) is 0.885. The average Bonchev–Trinajstić information content (AvgIpc) is 2.41. The van der Waals surface area contributed by atoms with Gasteiger partial charge >= 0.3 is 0 Å². The molecule has 0 aliphatic rings. The number of hydrogen-bond donors (Lipinski definition) is 1. The van der Waals surface area contributed by atoms with Gasteiger partial charge in [0.1, 0.15) is 11.9 Å². The molecule has 0 heterocycles. The molecular weight excluding hydrogens is 299 g/mol. The molecule has 20 heavy (non-hydrogen) atoms. The number of nitrogens with zero attached hydrogens (tertiary/aromatic N) is 1. The zero-order chi connectivity index (χ0) is 14.7. The molecule has 102 valence electrons. The van der Waals surface area contributed by atoms with Crippen molar-refractivity contribution in [2.45, 2.75) is 10.6 Å². The van der Waals surface area contributed by atoms with Gasteiger partial charge in [0, 0.05) is 16.3 Å². The predicted octanol–water partition coefficient (Wildman–Crippen LogP) is 3.24. The first-order valence-electron chi connectivity index (χ1n) is 5.64. The van der Waals surface area contributed by atoms with E-state index in [-0.39, 0.29) is 16.9 Å². The molecule has 1 atom stereocenters. The van der Waals surface area contributed by atoms with Crippen molar-refractivity contribution in [3.8, 4) is 6.07 Å². The molecular formula is C14H10ClFN2OS. The average molecular weight is 309 g/mol. The molecule has 0 saturated carbocycles. The Bertz CT molecular complexity index is 728. The van der Waals surface area contributed by atoms with Gasteiger partial charge in [0.25, 0.3) is 0 Å². The van der Waals surface area contributed by atoms with Crippen molar-refractivity contribution >= 4 is 28.1 Å². The van der Waals surface area contributed by atoms with Crippen molar-refractivity contribution in [1.82, 2.24) is 0 Å². The Morgan fingerprint density at radius 1 is 1.35 bits per heavy atom. The smallest absolute Gasteiger partial charge is 0.145 e. The number of hydrogen-bond acceptors (Lipinski definition) is 3. The fourth-order valence-electron chi connectivity index (χ4n) is 1.72. The first kappa shape index (κ1) is 14.5. The standard InChI is InChI=1S/C14H10ClFN2OS/c15-11-4-5-13(12(18)6-11)20(19)8-10-3-1-2-9(7-17)14(10)16/h1-6H,8,18H2. The van der Waals surface area contributed by atoms with Gasteiger partial charge in [-0.1, -0.05) is 23.7 Å². The molecule has 0 saturated heterocycles. The van der Waals surface area contributed by atoms with Gasteiger partial charge in [-0.05, 0) is 24.3 Å². The minimum absolute atomic E-state index is 0.0484. The molecule has 0 amide bonds. The fraction of sp³-hybridized carbons (Fsp3) is 0.0714. The molecule has 2 N–H and O–H groups in total. The van der Waals surface area contributed by atoms with E-state index in [0.29, 0.717) is 15.6 Å². The largest absolute Gasteiger partial charge is 0.398 e. The Kier molecular flexibility index (Phi) is 4.38. The zero-order valence-corrected chi connectivity index (χ0v) is 11.8. The third-order valence-corrected chi connectivity index (χ3v) is 4.37. The van der Waals surface area contributed by atoms with Gasteiger partial charge in [0.2, 0.25) is 0 Å². The molecule has 0 aromatic heterocycles. The highest BCUT2D eigenvalue weighted by Gasteiger charge is 2.14. The minimum Gasteiger partial charge on any atom is -0.398 e. The first-order chi connectivity index (χ1) is 9.52. The number of halogens is 2. The number of rotatable bonds is 3. The van der Waals surface area contributed by atoms with Crippen LogP contribution in [0.1, 0.15) is 11.1 Å². The number of benzene rings is 2. The van der Waals surface area contributed by atoms with Crippen LogP contribution in [-0.2, 0) is 16.6 Å². The van der Waals surface area contributed by atoms with Crippen LogP contribution in [0, 0.1) is 17.1 Å². The second-order valence-corrected chi connectivity index (χ2v) is 5.92. The molecule has 6 heteroatoms. The maximum absolute atomic E-state index is 13.9. The van der Waals surface area contributed by atoms with Gasteiger partial charge < -0.3 is 5.73 Å². The zero-order valence-electron chi connectivity index (χ0n) is 10.3. The van der Waals surface area contributed by atoms with Crippen molar-refractivity contribution in [1.29, 1.82) is 5.26 Å². The van der Waals surface area contributed by atoms with E-state index < -0.39 is 16.6 Å². The summed E-state index contributed by atoms with van der Waals surface area (Å²) in [5.74, 6) is -0.691. The molecule has 0 aliphatic carbocycles. The second kappa shape index (κ2) is 6.04. The van der Waals surface area contributed by atoms with E-state index in [9.17, 15) is 8.60 Å². The number of nitrogens with two attached hydrogens (primary N) is 1. The molecule has 3 nitrogen and oxygen atoms in total. The van der Waals surface area contributed by atoms with Crippen LogP contribution in [0.15, 0.2) is 41.3 Å². The van der Waals surface area contributed by atoms with Gasteiger partial charge in [-0.25, -0.2) is 4.39 Å². The molecule has 0 radical (unpaired) electrons. The molecule has 0 aliphatic heterocycles. The van der Waals surface area contributed by atoms with E-state index in [1.165, 1.54) is 18.2 Å². The Balaban J connectivity index is 2.31. The monoisotopic (exact) mass is 308 g/mol. The Morgan fingerprint density at radius 2 is 2.10 bits per heavy atom. The summed E-state index contributed by atoms with van der Waals surface area (Å²) in [6.07, 6.45) is 0. The summed E-state index contributed by atoms with van der Waals surface area (Å²) >= 11 is 5.77. The van der Waals surface area contributed by atoms with E-state index in [4.69, 9.17) is 22.6 Å². The Hall–Kier alpha value is -1.90. The van der Waals surface area contributed by atoms with Crippen molar-refractivity contribution in [3.05, 3.63) is 58.4 Å². The normalized spacial score (nSPS) is 11.8. The number of nitrogen functional groups attached to an aromatic ring is 1. The first-order valence-corrected chi connectivity index (χ1v) is 7.33. The number of anilines is 1. The van der Waals surface area contributed by atoms with E-state index in [1.54, 1.807) is 24.3 Å². The summed E-state index contributed by atoms with van der Waals surface area (Å²) in [4.78, 5) is 0.399. The molecule has 2 rings (SSSR count). The van der Waals surface area contributed by atoms with Crippen LogP contribution in [0.5, 0.6) is 0 Å². The lowest BCUT2D eigenvalue weighted by Crippen LogP contribution is -2.03. The summed E-state index contributed by atoms with van der Waals surface area (Å²) in [6.45, 7) is 0. The number of nitriles is 1. The van der Waals surface area contributed by atoms with Crippen LogP contribution >= 0.6 is 11.6 Å². The summed E-state index contributed by atoms with van der Waals surface area (Å²) < 4.78 is 26.1. The van der Waals surface area contributed by atoms with E-state index in [2.05, 4.69) is 0 Å². The Morgan fingerprint density at radius 3 is 2.75 bits per heavy atom. The molecule has 2 aromatic carbocycles. The summed E-state index contributed by atoms with van der Waals surface area (Å²) in [6, 6.07) is 10.8. The van der Waals surface area contributed by atoms with E-state index in [0.717, 1.165) is 0 Å². The maximum atomic E-state index is 13.9. The predicted molar refractivity (Wildman–Crippen MR) is 77.1 cm³/mol. The molecule has 0 bridgehead atoms. The molecule has 2 aromatic rings. The highest BCUT2D eigenvalue weighted by molar-refractivity contribution is 7.84. The van der Waals surface area contributed by atoms with Crippen LogP contribution in [0.4, 0.5) is 10.1 Å². The molecule has 0 spiro atoms. The van der Waals surface area contributed by atoms with E-state index >= 15 is 0 Å². The van der Waals surface area contributed by atoms with Crippen LogP contribution in [0.3, 0.4) is 0 Å². The lowest BCUT2D eigenvalue weighted by atomic mass is 10.1. The van der Waals surface area contributed by atoms with Gasteiger partial charge in [-0.3, -0.25) is 4.21 Å². The van der Waals surface area contributed by atoms with E-state index in [1.807, 2.05) is 0 Å². The van der Waals surface area contributed by atoms with Gasteiger partial charge in [-0.2, -0.15) is 5.26 Å². The minimum atomic E-state index is -1.51. The van der Waals surface area contributed by atoms with Crippen molar-refractivity contribution in [2.24, 2.45) is 0 Å². The van der Waals surface area contributed by atoms with Gasteiger partial charge in [0.05, 0.1) is 27.0 Å². The van der Waals surface area contributed by atoms with Crippen molar-refractivity contribution < 1.29 is 8.60 Å². The van der Waals surface area contributed by atoms with Crippen LogP contribution < -0.4 is 5.73 Å². The van der Waals surface area contributed by atoms with Crippen molar-refractivity contribution in [2.75, 3.05) is 5.73 Å². The van der Waals surface area contributed by atoms with Gasteiger partial charge in [-0.15, -0.1) is 0 Å². The molecule has 0 fully saturated rings. The lowest BCUT2D eigenvalue weighted by Gasteiger charge is -2.07. The third-order valence-electron chi connectivity index (χ3n) is 2.70. The fourth-order valence-corrected chi connectivity index (χ4v) is 3.11. The summed E-state index contributed by atoms with van der Waals surface area (Å²) in [7, 11) is -1.51.